The van der Waals surface area contributed by atoms with Gasteiger partial charge in [-0.2, -0.15) is 0 Å². The lowest BCUT2D eigenvalue weighted by molar-refractivity contribution is 0.555. The Hall–Kier alpha value is -1.63. The molecule has 6 heteroatoms. The Labute approximate surface area is 91.8 Å². The van der Waals surface area contributed by atoms with Crippen molar-refractivity contribution >= 4 is 11.1 Å². The van der Waals surface area contributed by atoms with Crippen LogP contribution in [-0.4, -0.2) is 18.2 Å². The molecule has 16 heavy (non-hydrogen) atoms. The van der Waals surface area contributed by atoms with E-state index in [1.165, 1.54) is 0 Å². The van der Waals surface area contributed by atoms with Crippen molar-refractivity contribution in [3.63, 3.8) is 0 Å². The van der Waals surface area contributed by atoms with Gasteiger partial charge in [0.05, 0.1) is 12.2 Å². The summed E-state index contributed by atoms with van der Waals surface area (Å²) in [5.41, 5.74) is 4.97. The van der Waals surface area contributed by atoms with Crippen LogP contribution in [0.15, 0.2) is 27.4 Å². The number of rotatable bonds is 5. The van der Waals surface area contributed by atoms with Crippen LogP contribution in [-0.2, 0) is 6.42 Å². The number of nitrogens with two attached hydrogens (primary N) is 1. The fourth-order valence-corrected chi connectivity index (χ4v) is 1.55. The minimum Gasteiger partial charge on any atom is -0.408 e. The maximum Gasteiger partial charge on any atom is 0.417 e. The molecule has 0 fully saturated rings. The van der Waals surface area contributed by atoms with Gasteiger partial charge in [-0.05, 0) is 24.1 Å². The second-order valence-electron chi connectivity index (χ2n) is 3.48. The highest BCUT2D eigenvalue weighted by molar-refractivity contribution is 5.72. The molecule has 0 radical (unpaired) electrons. The first-order valence-electron chi connectivity index (χ1n) is 5.05. The summed E-state index contributed by atoms with van der Waals surface area (Å²) in [5, 5.41) is 3.11. The molecule has 0 aliphatic rings. The number of H-pyrrole nitrogens is 1. The summed E-state index contributed by atoms with van der Waals surface area (Å²) in [6.45, 7) is 1.39. The smallest absolute Gasteiger partial charge is 0.408 e. The maximum absolute atomic E-state index is 10.9. The van der Waals surface area contributed by atoms with Gasteiger partial charge in [-0.25, -0.2) is 10.2 Å². The first-order chi connectivity index (χ1) is 7.79. The molecule has 6 nitrogen and oxygen atoms in total. The molecule has 0 atom stereocenters. The Bertz CT molecular complexity index is 517. The molecule has 2 rings (SSSR count). The van der Waals surface area contributed by atoms with Gasteiger partial charge in [-0.15, -0.1) is 0 Å². The zero-order valence-corrected chi connectivity index (χ0v) is 8.75. The summed E-state index contributed by atoms with van der Waals surface area (Å²) in [4.78, 5) is 13.6. The number of aromatic nitrogens is 1. The average molecular weight is 222 g/mol. The fraction of sp³-hybridized carbons (Fsp3) is 0.300. The summed E-state index contributed by atoms with van der Waals surface area (Å²) in [7, 11) is 0. The van der Waals surface area contributed by atoms with E-state index in [0.717, 1.165) is 24.0 Å². The molecule has 2 aromatic rings. The van der Waals surface area contributed by atoms with Gasteiger partial charge >= 0.3 is 5.76 Å². The van der Waals surface area contributed by atoms with Gasteiger partial charge in [-0.1, -0.05) is 6.07 Å². The van der Waals surface area contributed by atoms with Crippen LogP contribution in [0, 0.1) is 0 Å². The normalized spacial score (nSPS) is 11.1. The van der Waals surface area contributed by atoms with E-state index >= 15 is 0 Å². The summed E-state index contributed by atoms with van der Waals surface area (Å²) < 4.78 is 4.91. The van der Waals surface area contributed by atoms with Crippen LogP contribution in [0.2, 0.25) is 0 Å². The molecular weight excluding hydrogens is 208 g/mol. The molecule has 0 spiro atoms. The number of benzene rings is 1. The van der Waals surface area contributed by atoms with E-state index in [1.807, 2.05) is 12.1 Å². The van der Waals surface area contributed by atoms with E-state index in [-0.39, 0.29) is 0 Å². The Kier molecular flexibility index (Phi) is 3.35. The van der Waals surface area contributed by atoms with Crippen LogP contribution in [0.3, 0.4) is 0 Å². The van der Waals surface area contributed by atoms with Crippen molar-refractivity contribution in [1.29, 1.82) is 0 Å². The van der Waals surface area contributed by atoms with Crippen molar-refractivity contribution in [3.8, 4) is 0 Å². The number of oxazole rings is 1. The molecule has 0 saturated carbocycles. The lowest BCUT2D eigenvalue weighted by Crippen LogP contribution is -2.34. The molecule has 0 amide bonds. The summed E-state index contributed by atoms with van der Waals surface area (Å²) in [6, 6.07) is 5.65. The highest BCUT2D eigenvalue weighted by Crippen LogP contribution is 2.12. The minimum absolute atomic E-state index is 0.419. The number of aromatic amines is 1. The number of hydrogen-bond donors (Lipinski definition) is 4. The maximum atomic E-state index is 10.9. The zero-order valence-electron chi connectivity index (χ0n) is 8.75. The van der Waals surface area contributed by atoms with Crippen molar-refractivity contribution in [1.82, 2.24) is 15.7 Å². The van der Waals surface area contributed by atoms with Crippen molar-refractivity contribution in [2.24, 2.45) is 5.84 Å². The summed E-state index contributed by atoms with van der Waals surface area (Å²) in [5.74, 6) is 4.70. The van der Waals surface area contributed by atoms with Crippen molar-refractivity contribution in [2.75, 3.05) is 13.2 Å². The van der Waals surface area contributed by atoms with Crippen LogP contribution in [0.25, 0.3) is 11.1 Å². The van der Waals surface area contributed by atoms with Gasteiger partial charge < -0.3 is 9.73 Å². The number of hydrazine groups is 1. The minimum atomic E-state index is -0.419. The SMILES string of the molecule is NNCNCCc1ccc2oc(=O)[nH]c2c1. The van der Waals surface area contributed by atoms with Crippen LogP contribution in [0.1, 0.15) is 5.56 Å². The van der Waals surface area contributed by atoms with Crippen LogP contribution in [0.4, 0.5) is 0 Å². The van der Waals surface area contributed by atoms with E-state index in [1.54, 1.807) is 6.07 Å². The predicted octanol–water partition coefficient (Wildman–Crippen LogP) is -0.326. The topological polar surface area (TPSA) is 96.1 Å². The van der Waals surface area contributed by atoms with E-state index in [2.05, 4.69) is 15.7 Å². The largest absolute Gasteiger partial charge is 0.417 e. The van der Waals surface area contributed by atoms with Crippen molar-refractivity contribution < 1.29 is 4.42 Å². The molecular formula is C10H14N4O2. The average Bonchev–Trinajstić information content (AvgIpc) is 2.64. The van der Waals surface area contributed by atoms with Crippen LogP contribution in [0.5, 0.6) is 0 Å². The molecule has 0 saturated heterocycles. The molecule has 5 N–H and O–H groups in total. The first-order valence-corrected chi connectivity index (χ1v) is 5.05. The Morgan fingerprint density at radius 1 is 1.44 bits per heavy atom. The van der Waals surface area contributed by atoms with Gasteiger partial charge in [0.15, 0.2) is 5.58 Å². The molecule has 1 aromatic carbocycles. The quantitative estimate of drug-likeness (QED) is 0.240. The molecule has 0 aliphatic carbocycles. The standard InChI is InChI=1S/C10H14N4O2/c11-13-6-12-4-3-7-1-2-9-8(5-7)14-10(15)16-9/h1-2,5,12-13H,3-4,6,11H2,(H,14,15). The van der Waals surface area contributed by atoms with E-state index < -0.39 is 5.76 Å². The lowest BCUT2D eigenvalue weighted by atomic mass is 10.1. The third-order valence-electron chi connectivity index (χ3n) is 2.30. The number of nitrogens with one attached hydrogen (secondary N) is 3. The molecule has 1 heterocycles. The van der Waals surface area contributed by atoms with Crippen molar-refractivity contribution in [2.45, 2.75) is 6.42 Å². The van der Waals surface area contributed by atoms with E-state index in [0.29, 0.717) is 12.3 Å². The van der Waals surface area contributed by atoms with Gasteiger partial charge in [0.25, 0.3) is 0 Å². The molecule has 0 aliphatic heterocycles. The fourth-order valence-electron chi connectivity index (χ4n) is 1.55. The monoisotopic (exact) mass is 222 g/mol. The number of fused-ring (bicyclic) bond motifs is 1. The molecule has 86 valence electrons. The first kappa shape index (κ1) is 10.9. The van der Waals surface area contributed by atoms with Gasteiger partial charge in [0.1, 0.15) is 0 Å². The third-order valence-corrected chi connectivity index (χ3v) is 2.30. The second-order valence-corrected chi connectivity index (χ2v) is 3.48. The van der Waals surface area contributed by atoms with Gasteiger partial charge in [-0.3, -0.25) is 10.8 Å². The summed E-state index contributed by atoms with van der Waals surface area (Å²) >= 11 is 0. The Morgan fingerprint density at radius 3 is 3.12 bits per heavy atom. The predicted molar refractivity (Wildman–Crippen MR) is 60.7 cm³/mol. The highest BCUT2D eigenvalue weighted by Gasteiger charge is 2.01. The zero-order chi connectivity index (χ0) is 11.4. The molecule has 0 bridgehead atoms. The molecule has 1 aromatic heterocycles. The lowest BCUT2D eigenvalue weighted by Gasteiger charge is -2.03. The van der Waals surface area contributed by atoms with Gasteiger partial charge in [0, 0.05) is 6.54 Å². The van der Waals surface area contributed by atoms with Gasteiger partial charge in [0.2, 0.25) is 0 Å². The van der Waals surface area contributed by atoms with E-state index in [4.69, 9.17) is 10.3 Å². The summed E-state index contributed by atoms with van der Waals surface area (Å²) in [6.07, 6.45) is 0.866. The van der Waals surface area contributed by atoms with Crippen LogP contribution >= 0.6 is 0 Å². The number of hydrogen-bond acceptors (Lipinski definition) is 5. The van der Waals surface area contributed by atoms with Crippen molar-refractivity contribution in [3.05, 3.63) is 34.3 Å². The highest BCUT2D eigenvalue weighted by atomic mass is 16.4. The Balaban J connectivity index is 2.04. The second kappa shape index (κ2) is 4.93. The molecule has 0 unspecified atom stereocenters. The van der Waals surface area contributed by atoms with Crippen LogP contribution < -0.4 is 22.3 Å². The third kappa shape index (κ3) is 2.48. The Morgan fingerprint density at radius 2 is 2.31 bits per heavy atom. The van der Waals surface area contributed by atoms with E-state index in [9.17, 15) is 4.79 Å².